The summed E-state index contributed by atoms with van der Waals surface area (Å²) in [5.41, 5.74) is 5.58. The predicted molar refractivity (Wildman–Crippen MR) is 299 cm³/mol. The highest BCUT2D eigenvalue weighted by Crippen LogP contribution is 2.38. The van der Waals surface area contributed by atoms with Crippen molar-refractivity contribution in [1.82, 2.24) is 30.2 Å². The molecule has 13 nitrogen and oxygen atoms in total. The highest BCUT2D eigenvalue weighted by molar-refractivity contribution is 7.80. The normalized spacial score (nSPS) is 16.1. The highest BCUT2D eigenvalue weighted by atomic mass is 32.1. The lowest BCUT2D eigenvalue weighted by Crippen LogP contribution is -2.53. The van der Waals surface area contributed by atoms with E-state index >= 15 is 0 Å². The van der Waals surface area contributed by atoms with Crippen LogP contribution in [0.1, 0.15) is 88.0 Å². The molecule has 0 radical (unpaired) electrons. The summed E-state index contributed by atoms with van der Waals surface area (Å²) >= 11 is 6.14. The van der Waals surface area contributed by atoms with Crippen LogP contribution in [0.15, 0.2) is 164 Å². The molecule has 2 aliphatic heterocycles. The number of halogens is 1. The molecule has 0 saturated carbocycles. The second kappa shape index (κ2) is 24.3. The lowest BCUT2D eigenvalue weighted by Gasteiger charge is -2.43. The van der Waals surface area contributed by atoms with Gasteiger partial charge in [-0.1, -0.05) is 140 Å². The topological polar surface area (TPSA) is 131 Å². The lowest BCUT2D eigenvalue weighted by atomic mass is 9.90. The summed E-state index contributed by atoms with van der Waals surface area (Å²) in [5.74, 6) is -0.539. The van der Waals surface area contributed by atoms with Crippen LogP contribution in [-0.2, 0) is 9.47 Å². The number of piperazine rings is 2. The Labute approximate surface area is 446 Å². The van der Waals surface area contributed by atoms with Crippen LogP contribution in [0.5, 0.6) is 0 Å². The molecule has 2 fully saturated rings. The molecule has 2 saturated heterocycles. The molecule has 4 N–H and O–H groups in total. The first kappa shape index (κ1) is 53.9. The van der Waals surface area contributed by atoms with Gasteiger partial charge >= 0.3 is 18.2 Å². The van der Waals surface area contributed by atoms with Crippen LogP contribution in [0.2, 0.25) is 0 Å². The number of ether oxygens (including phenoxy) is 2. The number of carbonyl (C=O) groups excluding carboxylic acids is 3. The number of carbonyl (C=O) groups is 3. The Hall–Kier alpha value is -7.33. The standard InChI is InChI=1S/C60H69FN8O5S/c1-59(2,3)73-57(71)68-37-33-66(34-38-68)53(45-23-14-9-15-24-45)52(44-21-12-8-13-22-44)65-56(75)62-48-26-18-25-47(41-48)42-29-31-46(32-30-42)54(67-35-39-69(40-36-67)58(72)74-60(4,5)6)51(43-19-10-7-11-20-43)64-55(70)63-50-28-17-16-27-49(50)61/h7-32,41,51-54H,33-40H2,1-6H3,(H2,62,65,75)(H2,63,64,70). The van der Waals surface area contributed by atoms with E-state index in [1.807, 2.05) is 108 Å². The van der Waals surface area contributed by atoms with E-state index in [4.69, 9.17) is 21.7 Å². The van der Waals surface area contributed by atoms with Crippen molar-refractivity contribution in [2.24, 2.45) is 0 Å². The van der Waals surface area contributed by atoms with Crippen molar-refractivity contribution >= 4 is 46.9 Å². The zero-order valence-corrected chi connectivity index (χ0v) is 44.5. The van der Waals surface area contributed by atoms with Gasteiger partial charge in [0, 0.05) is 58.0 Å². The van der Waals surface area contributed by atoms with Gasteiger partial charge in [0.15, 0.2) is 5.11 Å². The van der Waals surface area contributed by atoms with E-state index in [-0.39, 0.29) is 30.0 Å². The Morgan fingerprint density at radius 2 is 0.933 bits per heavy atom. The van der Waals surface area contributed by atoms with Crippen LogP contribution in [0.3, 0.4) is 0 Å². The molecule has 2 aliphatic rings. The Bertz CT molecular complexity index is 2850. The Morgan fingerprint density at radius 1 is 0.493 bits per heavy atom. The van der Waals surface area contributed by atoms with E-state index < -0.39 is 35.1 Å². The molecule has 75 heavy (non-hydrogen) atoms. The van der Waals surface area contributed by atoms with Gasteiger partial charge in [-0.25, -0.2) is 18.8 Å². The SMILES string of the molecule is CC(C)(C)OC(=O)N1CCN(C(c2ccc(-c3cccc(NC(=S)NC(c4ccccc4)C(c4ccccc4)N4CCN(C(=O)OC(C)(C)C)CC4)c3)cc2)C(NC(=O)Nc2ccccc2F)c2ccccc2)CC1. The van der Waals surface area contributed by atoms with Crippen molar-refractivity contribution in [3.63, 3.8) is 0 Å². The summed E-state index contributed by atoms with van der Waals surface area (Å²) in [6.07, 6.45) is -0.664. The number of urea groups is 1. The molecule has 2 heterocycles. The van der Waals surface area contributed by atoms with Crippen LogP contribution < -0.4 is 21.3 Å². The second-order valence-electron chi connectivity index (χ2n) is 21.0. The van der Waals surface area contributed by atoms with Crippen LogP contribution in [0.25, 0.3) is 11.1 Å². The molecular formula is C60H69FN8O5S. The van der Waals surface area contributed by atoms with Crippen molar-refractivity contribution in [2.45, 2.75) is 76.9 Å². The maximum atomic E-state index is 14.8. The second-order valence-corrected chi connectivity index (χ2v) is 21.4. The third-order valence-electron chi connectivity index (χ3n) is 13.2. The number of benzene rings is 6. The molecule has 4 atom stereocenters. The average Bonchev–Trinajstić information content (AvgIpc) is 3.39. The highest BCUT2D eigenvalue weighted by Gasteiger charge is 2.37. The Kier molecular flexibility index (Phi) is 17.5. The van der Waals surface area contributed by atoms with Gasteiger partial charge in [-0.05, 0) is 111 Å². The molecule has 0 aliphatic carbocycles. The summed E-state index contributed by atoms with van der Waals surface area (Å²) in [6, 6.07) is 51.1. The van der Waals surface area contributed by atoms with Gasteiger partial charge in [0.1, 0.15) is 17.0 Å². The number of para-hydroxylation sites is 1. The number of amides is 4. The molecule has 4 amide bonds. The molecule has 8 rings (SSSR count). The van der Waals surface area contributed by atoms with Crippen LogP contribution in [-0.4, -0.2) is 106 Å². The average molecular weight is 1030 g/mol. The third-order valence-corrected chi connectivity index (χ3v) is 13.4. The summed E-state index contributed by atoms with van der Waals surface area (Å²) in [7, 11) is 0. The van der Waals surface area contributed by atoms with E-state index in [1.54, 1.807) is 21.9 Å². The molecule has 0 aromatic heterocycles. The summed E-state index contributed by atoms with van der Waals surface area (Å²) in [4.78, 5) is 48.3. The molecule has 0 spiro atoms. The third kappa shape index (κ3) is 14.7. The lowest BCUT2D eigenvalue weighted by molar-refractivity contribution is 0.00735. The summed E-state index contributed by atoms with van der Waals surface area (Å²) < 4.78 is 26.2. The number of anilines is 2. The van der Waals surface area contributed by atoms with Gasteiger partial charge in [-0.3, -0.25) is 9.80 Å². The molecule has 392 valence electrons. The van der Waals surface area contributed by atoms with Gasteiger partial charge in [-0.15, -0.1) is 0 Å². The minimum Gasteiger partial charge on any atom is -0.444 e. The molecule has 15 heteroatoms. The van der Waals surface area contributed by atoms with Gasteiger partial charge in [0.25, 0.3) is 0 Å². The number of hydrogen-bond acceptors (Lipinski definition) is 8. The van der Waals surface area contributed by atoms with E-state index in [1.165, 1.54) is 12.1 Å². The molecule has 6 aromatic carbocycles. The maximum absolute atomic E-state index is 14.8. The number of nitrogens with one attached hydrogen (secondary N) is 4. The zero-order valence-electron chi connectivity index (χ0n) is 43.7. The monoisotopic (exact) mass is 1030 g/mol. The molecular weight excluding hydrogens is 964 g/mol. The molecule has 0 bridgehead atoms. The van der Waals surface area contributed by atoms with Crippen LogP contribution in [0.4, 0.5) is 30.1 Å². The van der Waals surface area contributed by atoms with E-state index in [2.05, 4.69) is 104 Å². The summed E-state index contributed by atoms with van der Waals surface area (Å²) in [5, 5.41) is 13.6. The van der Waals surface area contributed by atoms with Crippen LogP contribution in [0, 0.1) is 5.82 Å². The largest absolute Gasteiger partial charge is 0.444 e. The molecule has 6 aromatic rings. The number of hydrogen-bond donors (Lipinski definition) is 4. The summed E-state index contributed by atoms with van der Waals surface area (Å²) in [6.45, 7) is 15.4. The zero-order chi connectivity index (χ0) is 53.1. The van der Waals surface area contributed by atoms with Crippen molar-refractivity contribution in [2.75, 3.05) is 63.0 Å². The van der Waals surface area contributed by atoms with Crippen molar-refractivity contribution in [1.29, 1.82) is 0 Å². The number of nitrogens with zero attached hydrogens (tertiary/aromatic N) is 4. The van der Waals surface area contributed by atoms with Gasteiger partial charge < -0.3 is 40.5 Å². The first-order chi connectivity index (χ1) is 36.0. The first-order valence-corrected chi connectivity index (χ1v) is 26.1. The smallest absolute Gasteiger partial charge is 0.410 e. The van der Waals surface area contributed by atoms with Crippen molar-refractivity contribution in [3.05, 3.63) is 192 Å². The maximum Gasteiger partial charge on any atom is 0.410 e. The van der Waals surface area contributed by atoms with E-state index in [9.17, 15) is 18.8 Å². The van der Waals surface area contributed by atoms with Crippen molar-refractivity contribution < 1.29 is 28.2 Å². The fourth-order valence-corrected chi connectivity index (χ4v) is 9.97. The number of thiocarbonyl (C=S) groups is 1. The van der Waals surface area contributed by atoms with Gasteiger partial charge in [0.05, 0.1) is 29.9 Å². The Balaban J connectivity index is 1.03. The predicted octanol–water partition coefficient (Wildman–Crippen LogP) is 12.0. The minimum absolute atomic E-state index is 0.0707. The van der Waals surface area contributed by atoms with Crippen LogP contribution >= 0.6 is 12.2 Å². The van der Waals surface area contributed by atoms with Crippen molar-refractivity contribution in [3.8, 4) is 11.1 Å². The van der Waals surface area contributed by atoms with E-state index in [0.717, 1.165) is 39.1 Å². The van der Waals surface area contributed by atoms with Gasteiger partial charge in [0.2, 0.25) is 0 Å². The number of rotatable bonds is 13. The first-order valence-electron chi connectivity index (χ1n) is 25.7. The minimum atomic E-state index is -0.632. The fourth-order valence-electron chi connectivity index (χ4n) is 9.73. The Morgan fingerprint density at radius 3 is 1.41 bits per heavy atom. The quantitative estimate of drug-likeness (QED) is 0.0830. The van der Waals surface area contributed by atoms with E-state index in [0.29, 0.717) is 57.5 Å². The fraction of sp³-hybridized carbons (Fsp3) is 0.333. The molecule has 4 unspecified atom stereocenters. The van der Waals surface area contributed by atoms with Gasteiger partial charge in [-0.2, -0.15) is 0 Å².